The number of benzene rings is 1. The lowest BCUT2D eigenvalue weighted by Crippen LogP contribution is -2.37. The molecule has 0 atom stereocenters. The molecule has 2 rings (SSSR count). The van der Waals surface area contributed by atoms with E-state index >= 15 is 0 Å². The van der Waals surface area contributed by atoms with Crippen molar-refractivity contribution in [1.82, 2.24) is 4.90 Å². The molecule has 0 unspecified atom stereocenters. The van der Waals surface area contributed by atoms with Gasteiger partial charge >= 0.3 is 6.18 Å². The summed E-state index contributed by atoms with van der Waals surface area (Å²) in [5.41, 5.74) is -0.316. The van der Waals surface area contributed by atoms with Crippen LogP contribution in [0.15, 0.2) is 12.1 Å². The summed E-state index contributed by atoms with van der Waals surface area (Å²) in [7, 11) is 0. The predicted octanol–water partition coefficient (Wildman–Crippen LogP) is 3.92. The van der Waals surface area contributed by atoms with Crippen LogP contribution in [-0.2, 0) is 12.7 Å². The molecule has 6 heteroatoms. The van der Waals surface area contributed by atoms with E-state index < -0.39 is 11.7 Å². The number of ether oxygens (including phenoxy) is 1. The molecule has 0 radical (unpaired) electrons. The second-order valence-corrected chi connectivity index (χ2v) is 4.99. The second-order valence-electron chi connectivity index (χ2n) is 4.55. The molecule has 0 aliphatic carbocycles. The Labute approximate surface area is 108 Å². The second kappa shape index (κ2) is 4.63. The Balaban J connectivity index is 2.44. The van der Waals surface area contributed by atoms with E-state index in [1.54, 1.807) is 0 Å². The first-order valence-electron chi connectivity index (χ1n) is 5.55. The van der Waals surface area contributed by atoms with Crippen LogP contribution in [0.1, 0.15) is 25.0 Å². The number of rotatable bonds is 1. The van der Waals surface area contributed by atoms with E-state index in [1.165, 1.54) is 6.07 Å². The van der Waals surface area contributed by atoms with Crippen molar-refractivity contribution in [3.8, 4) is 5.75 Å². The smallest absolute Gasteiger partial charge is 0.420 e. The maximum Gasteiger partial charge on any atom is 0.420 e. The molecule has 0 saturated heterocycles. The number of hydrogen-bond donors (Lipinski definition) is 0. The lowest BCUT2D eigenvalue weighted by atomic mass is 10.1. The minimum absolute atomic E-state index is 0.0790. The van der Waals surface area contributed by atoms with Gasteiger partial charge in [-0.15, -0.1) is 0 Å². The third kappa shape index (κ3) is 2.57. The van der Waals surface area contributed by atoms with E-state index in [4.69, 9.17) is 16.3 Å². The number of alkyl halides is 3. The molecule has 0 bridgehead atoms. The molecule has 100 valence electrons. The van der Waals surface area contributed by atoms with Gasteiger partial charge in [0, 0.05) is 23.2 Å². The Bertz CT molecular complexity index is 459. The molecule has 0 spiro atoms. The highest BCUT2D eigenvalue weighted by molar-refractivity contribution is 6.30. The van der Waals surface area contributed by atoms with Gasteiger partial charge in [-0.1, -0.05) is 11.6 Å². The highest BCUT2D eigenvalue weighted by atomic mass is 35.5. The van der Waals surface area contributed by atoms with Crippen molar-refractivity contribution in [3.63, 3.8) is 0 Å². The van der Waals surface area contributed by atoms with Crippen molar-refractivity contribution in [2.45, 2.75) is 32.6 Å². The van der Waals surface area contributed by atoms with Crippen LogP contribution in [0.2, 0.25) is 5.02 Å². The van der Waals surface area contributed by atoms with Crippen LogP contribution in [0.3, 0.4) is 0 Å². The minimum Gasteiger partial charge on any atom is -0.477 e. The van der Waals surface area contributed by atoms with Gasteiger partial charge < -0.3 is 4.74 Å². The van der Waals surface area contributed by atoms with E-state index in [1.807, 2.05) is 18.7 Å². The van der Waals surface area contributed by atoms with Crippen LogP contribution >= 0.6 is 11.6 Å². The number of fused-ring (bicyclic) bond motifs is 1. The first-order chi connectivity index (χ1) is 8.29. The third-order valence-electron chi connectivity index (χ3n) is 2.91. The average molecular weight is 280 g/mol. The van der Waals surface area contributed by atoms with Gasteiger partial charge in [0.1, 0.15) is 12.5 Å². The molecule has 1 aromatic carbocycles. The van der Waals surface area contributed by atoms with Crippen molar-refractivity contribution in [2.75, 3.05) is 6.73 Å². The fourth-order valence-corrected chi connectivity index (χ4v) is 2.13. The molecule has 0 N–H and O–H groups in total. The fourth-order valence-electron chi connectivity index (χ4n) is 1.89. The Morgan fingerprint density at radius 1 is 1.33 bits per heavy atom. The summed E-state index contributed by atoms with van der Waals surface area (Å²) in [4.78, 5) is 1.93. The first-order valence-corrected chi connectivity index (χ1v) is 5.93. The fraction of sp³-hybridized carbons (Fsp3) is 0.500. The zero-order valence-corrected chi connectivity index (χ0v) is 10.8. The summed E-state index contributed by atoms with van der Waals surface area (Å²) < 4.78 is 43.8. The summed E-state index contributed by atoms with van der Waals surface area (Å²) >= 11 is 5.74. The topological polar surface area (TPSA) is 12.5 Å². The lowest BCUT2D eigenvalue weighted by Gasteiger charge is -2.33. The summed E-state index contributed by atoms with van der Waals surface area (Å²) in [6.07, 6.45) is -4.45. The van der Waals surface area contributed by atoms with Crippen molar-refractivity contribution >= 4 is 11.6 Å². The Morgan fingerprint density at radius 3 is 2.56 bits per heavy atom. The van der Waals surface area contributed by atoms with Gasteiger partial charge in [0.15, 0.2) is 0 Å². The van der Waals surface area contributed by atoms with Gasteiger partial charge in [-0.25, -0.2) is 0 Å². The molecule has 0 amide bonds. The van der Waals surface area contributed by atoms with Crippen LogP contribution in [0, 0.1) is 0 Å². The summed E-state index contributed by atoms with van der Waals surface area (Å²) in [6.45, 7) is 4.50. The third-order valence-corrected chi connectivity index (χ3v) is 3.13. The van der Waals surface area contributed by atoms with E-state index in [9.17, 15) is 13.2 Å². The highest BCUT2D eigenvalue weighted by Gasteiger charge is 2.37. The zero-order valence-electron chi connectivity index (χ0n) is 10.0. The van der Waals surface area contributed by atoms with Crippen molar-refractivity contribution in [3.05, 3.63) is 28.3 Å². The molecule has 0 fully saturated rings. The molecule has 0 saturated carbocycles. The van der Waals surface area contributed by atoms with Gasteiger partial charge in [0.05, 0.1) is 5.56 Å². The molecule has 2 nitrogen and oxygen atoms in total. The van der Waals surface area contributed by atoms with Crippen LogP contribution < -0.4 is 4.74 Å². The van der Waals surface area contributed by atoms with Gasteiger partial charge in [-0.05, 0) is 26.0 Å². The normalized spacial score (nSPS) is 16.6. The van der Waals surface area contributed by atoms with Crippen molar-refractivity contribution in [1.29, 1.82) is 0 Å². The Morgan fingerprint density at radius 2 is 2.00 bits per heavy atom. The SMILES string of the molecule is CC(C)N1COc2c(cc(Cl)cc2C(F)(F)F)C1. The first kappa shape index (κ1) is 13.5. The molecular weight excluding hydrogens is 267 g/mol. The molecule has 0 aromatic heterocycles. The van der Waals surface area contributed by atoms with Crippen LogP contribution in [-0.4, -0.2) is 17.7 Å². The van der Waals surface area contributed by atoms with Gasteiger partial charge in [0.2, 0.25) is 0 Å². The minimum atomic E-state index is -4.45. The number of hydrogen-bond acceptors (Lipinski definition) is 2. The molecule has 1 aliphatic heterocycles. The number of halogens is 4. The highest BCUT2D eigenvalue weighted by Crippen LogP contribution is 2.42. The molecule has 1 aromatic rings. The van der Waals surface area contributed by atoms with Crippen LogP contribution in [0.4, 0.5) is 13.2 Å². The maximum atomic E-state index is 12.9. The van der Waals surface area contributed by atoms with Gasteiger partial charge in [0.25, 0.3) is 0 Å². The molecule has 1 aliphatic rings. The van der Waals surface area contributed by atoms with Crippen molar-refractivity contribution in [2.24, 2.45) is 0 Å². The van der Waals surface area contributed by atoms with E-state index in [2.05, 4.69) is 0 Å². The largest absolute Gasteiger partial charge is 0.477 e. The maximum absolute atomic E-state index is 12.9. The molecule has 18 heavy (non-hydrogen) atoms. The summed E-state index contributed by atoms with van der Waals surface area (Å²) in [5, 5.41) is 0.0790. The van der Waals surface area contributed by atoms with Crippen molar-refractivity contribution < 1.29 is 17.9 Å². The predicted molar refractivity (Wildman–Crippen MR) is 62.6 cm³/mol. The van der Waals surface area contributed by atoms with E-state index in [0.717, 1.165) is 6.07 Å². The Kier molecular flexibility index (Phi) is 3.47. The monoisotopic (exact) mass is 279 g/mol. The van der Waals surface area contributed by atoms with Crippen LogP contribution in [0.5, 0.6) is 5.75 Å². The standard InChI is InChI=1S/C12H13ClF3NO/c1-7(2)17-5-8-3-9(13)4-10(12(14,15)16)11(8)18-6-17/h3-4,7H,5-6H2,1-2H3. The van der Waals surface area contributed by atoms with Crippen LogP contribution in [0.25, 0.3) is 0 Å². The summed E-state index contributed by atoms with van der Waals surface area (Å²) in [5.74, 6) is -0.0937. The Hall–Kier alpha value is -0.940. The van der Waals surface area contributed by atoms with E-state index in [0.29, 0.717) is 12.1 Å². The average Bonchev–Trinajstić information content (AvgIpc) is 2.25. The van der Waals surface area contributed by atoms with Gasteiger partial charge in [-0.3, -0.25) is 4.90 Å². The summed E-state index contributed by atoms with van der Waals surface area (Å²) in [6, 6.07) is 2.64. The quantitative estimate of drug-likeness (QED) is 0.772. The van der Waals surface area contributed by atoms with E-state index in [-0.39, 0.29) is 23.5 Å². The zero-order chi connectivity index (χ0) is 13.5. The lowest BCUT2D eigenvalue weighted by molar-refractivity contribution is -0.139. The van der Waals surface area contributed by atoms with Gasteiger partial charge in [-0.2, -0.15) is 13.2 Å². The molecular formula is C12H13ClF3NO. The molecule has 1 heterocycles. The number of nitrogens with zero attached hydrogens (tertiary/aromatic N) is 1.